The molecule has 0 radical (unpaired) electrons. The molecule has 1 aromatic carbocycles. The predicted molar refractivity (Wildman–Crippen MR) is 120 cm³/mol. The Balaban J connectivity index is 1.90. The van der Waals surface area contributed by atoms with E-state index in [0.29, 0.717) is 22.9 Å². The van der Waals surface area contributed by atoms with Crippen molar-refractivity contribution in [1.29, 1.82) is 0 Å². The SMILES string of the molecule is [2H]C([2H])([2H])C(C)(Cc1ccc2c(n1)oc1c(-c3cc(C(C)C)cc[n+]3C)c(C)ccc12)C([2H])([2H])[2H]. The van der Waals surface area contributed by atoms with Crippen molar-refractivity contribution in [3.05, 3.63) is 59.4 Å². The van der Waals surface area contributed by atoms with E-state index in [1.165, 1.54) is 12.5 Å². The number of furan rings is 1. The third kappa shape index (κ3) is 3.66. The van der Waals surface area contributed by atoms with Gasteiger partial charge in [-0.2, -0.15) is 0 Å². The van der Waals surface area contributed by atoms with Gasteiger partial charge in [0.05, 0.1) is 5.56 Å². The number of nitrogens with zero attached hydrogens (tertiary/aromatic N) is 2. The van der Waals surface area contributed by atoms with Gasteiger partial charge in [-0.3, -0.25) is 0 Å². The number of pyridine rings is 2. The normalized spacial score (nSPS) is 16.3. The van der Waals surface area contributed by atoms with Crippen LogP contribution in [0.15, 0.2) is 47.0 Å². The van der Waals surface area contributed by atoms with E-state index in [-0.39, 0.29) is 6.42 Å². The van der Waals surface area contributed by atoms with E-state index in [0.717, 1.165) is 27.6 Å². The summed E-state index contributed by atoms with van der Waals surface area (Å²) in [5.74, 6) is 0.375. The van der Waals surface area contributed by atoms with Crippen LogP contribution in [-0.4, -0.2) is 4.98 Å². The van der Waals surface area contributed by atoms with Crippen molar-refractivity contribution in [3.8, 4) is 11.3 Å². The zero-order chi connectivity index (χ0) is 25.9. The highest BCUT2D eigenvalue weighted by molar-refractivity contribution is 6.08. The molecule has 0 amide bonds. The van der Waals surface area contributed by atoms with E-state index in [1.54, 1.807) is 6.07 Å². The molecule has 3 heteroatoms. The zero-order valence-corrected chi connectivity index (χ0v) is 17.6. The first-order valence-corrected chi connectivity index (χ1v) is 9.96. The molecule has 0 aliphatic carbocycles. The van der Waals surface area contributed by atoms with E-state index in [4.69, 9.17) is 12.6 Å². The fourth-order valence-corrected chi connectivity index (χ4v) is 3.83. The number of hydrogen-bond donors (Lipinski definition) is 0. The first kappa shape index (κ1) is 13.5. The Labute approximate surface area is 181 Å². The molecule has 4 aromatic rings. The Morgan fingerprint density at radius 3 is 2.62 bits per heavy atom. The molecular formula is C26H31N2O+. The molecule has 0 saturated carbocycles. The minimum Gasteiger partial charge on any atom is -0.437 e. The van der Waals surface area contributed by atoms with Crippen LogP contribution in [0, 0.1) is 12.3 Å². The molecule has 0 N–H and O–H groups in total. The van der Waals surface area contributed by atoms with Gasteiger partial charge in [0.2, 0.25) is 11.4 Å². The molecule has 0 aliphatic rings. The summed E-state index contributed by atoms with van der Waals surface area (Å²) < 4.78 is 55.6. The number of hydrogen-bond acceptors (Lipinski definition) is 2. The fourth-order valence-electron chi connectivity index (χ4n) is 3.83. The highest BCUT2D eigenvalue weighted by Gasteiger charge is 2.22. The van der Waals surface area contributed by atoms with E-state index in [1.807, 2.05) is 32.3 Å². The largest absolute Gasteiger partial charge is 0.437 e. The topological polar surface area (TPSA) is 29.9 Å². The van der Waals surface area contributed by atoms with Crippen LogP contribution in [0.3, 0.4) is 0 Å². The number of benzene rings is 1. The highest BCUT2D eigenvalue weighted by atomic mass is 16.3. The number of aromatic nitrogens is 2. The summed E-state index contributed by atoms with van der Waals surface area (Å²) in [7, 11) is 2.00. The van der Waals surface area contributed by atoms with Crippen LogP contribution in [0.25, 0.3) is 33.3 Å². The van der Waals surface area contributed by atoms with Gasteiger partial charge in [0, 0.05) is 36.8 Å². The van der Waals surface area contributed by atoms with Gasteiger partial charge in [-0.15, -0.1) is 0 Å². The van der Waals surface area contributed by atoms with Crippen molar-refractivity contribution in [2.45, 2.75) is 53.7 Å². The fraction of sp³-hybridized carbons (Fsp3) is 0.385. The molecule has 150 valence electrons. The summed E-state index contributed by atoms with van der Waals surface area (Å²) >= 11 is 0. The maximum atomic E-state index is 7.88. The molecule has 0 fully saturated rings. The van der Waals surface area contributed by atoms with Crippen LogP contribution in [-0.2, 0) is 13.5 Å². The standard InChI is InChI=1S/C26H31N2O/c1-16(2)18-12-13-28(7)22(14-18)23-17(3)8-10-20-21-11-9-19(15-26(4,5)6)27-25(21)29-24(20)23/h8-14,16H,15H2,1-7H3/q+1/i4D3,5D3. The molecule has 29 heavy (non-hydrogen) atoms. The van der Waals surface area contributed by atoms with E-state index in [9.17, 15) is 0 Å². The number of aryl methyl sites for hydroxylation is 2. The molecule has 3 aromatic heterocycles. The molecule has 3 nitrogen and oxygen atoms in total. The number of rotatable bonds is 3. The minimum absolute atomic E-state index is 0.218. The van der Waals surface area contributed by atoms with Crippen LogP contribution in [0.1, 0.15) is 65.4 Å². The molecule has 3 heterocycles. The first-order chi connectivity index (χ1) is 16.1. The van der Waals surface area contributed by atoms with Crippen LogP contribution >= 0.6 is 0 Å². The maximum Gasteiger partial charge on any atom is 0.227 e. The van der Waals surface area contributed by atoms with Crippen molar-refractivity contribution in [2.75, 3.05) is 0 Å². The quantitative estimate of drug-likeness (QED) is 0.372. The monoisotopic (exact) mass is 393 g/mol. The van der Waals surface area contributed by atoms with Crippen LogP contribution < -0.4 is 4.57 Å². The molecule has 0 aliphatic heterocycles. The van der Waals surface area contributed by atoms with Gasteiger partial charge in [0.25, 0.3) is 0 Å². The van der Waals surface area contributed by atoms with Gasteiger partial charge < -0.3 is 4.42 Å². The summed E-state index contributed by atoms with van der Waals surface area (Å²) in [5.41, 5.74) is 3.79. The lowest BCUT2D eigenvalue weighted by Gasteiger charge is -2.16. The van der Waals surface area contributed by atoms with Gasteiger partial charge in [0.1, 0.15) is 7.05 Å². The molecule has 0 spiro atoms. The van der Waals surface area contributed by atoms with Crippen molar-refractivity contribution < 1.29 is 17.2 Å². The van der Waals surface area contributed by atoms with Gasteiger partial charge >= 0.3 is 0 Å². The molecular weight excluding hydrogens is 356 g/mol. The third-order valence-corrected chi connectivity index (χ3v) is 5.40. The summed E-state index contributed by atoms with van der Waals surface area (Å²) in [4.78, 5) is 4.58. The van der Waals surface area contributed by atoms with E-state index < -0.39 is 19.1 Å². The Kier molecular flexibility index (Phi) is 3.26. The Bertz CT molecular complexity index is 1400. The number of fused-ring (bicyclic) bond motifs is 3. The molecule has 4 rings (SSSR count). The summed E-state index contributed by atoms with van der Waals surface area (Å²) in [6.45, 7) is 2.28. The van der Waals surface area contributed by atoms with Crippen LogP contribution in [0.2, 0.25) is 0 Å². The average Bonchev–Trinajstić information content (AvgIpc) is 3.10. The van der Waals surface area contributed by atoms with Crippen LogP contribution in [0.4, 0.5) is 0 Å². The first-order valence-electron chi connectivity index (χ1n) is 13.0. The minimum atomic E-state index is -2.68. The lowest BCUT2D eigenvalue weighted by atomic mass is 9.90. The maximum absolute atomic E-state index is 7.88. The highest BCUT2D eigenvalue weighted by Crippen LogP contribution is 2.37. The Hall–Kier alpha value is -2.68. The van der Waals surface area contributed by atoms with Gasteiger partial charge in [-0.1, -0.05) is 46.6 Å². The lowest BCUT2D eigenvalue weighted by Crippen LogP contribution is -2.31. The van der Waals surface area contributed by atoms with Crippen molar-refractivity contribution in [1.82, 2.24) is 4.98 Å². The smallest absolute Gasteiger partial charge is 0.227 e. The van der Waals surface area contributed by atoms with Crippen molar-refractivity contribution in [3.63, 3.8) is 0 Å². The Morgan fingerprint density at radius 2 is 1.90 bits per heavy atom. The average molecular weight is 394 g/mol. The van der Waals surface area contributed by atoms with Crippen LogP contribution in [0.5, 0.6) is 0 Å². The molecule has 0 unspecified atom stereocenters. The second-order valence-corrected chi connectivity index (χ2v) is 8.51. The van der Waals surface area contributed by atoms with Crippen molar-refractivity contribution >= 4 is 22.1 Å². The summed E-state index contributed by atoms with van der Waals surface area (Å²) in [6, 6.07) is 11.9. The molecule has 0 bridgehead atoms. The molecule has 0 atom stereocenters. The summed E-state index contributed by atoms with van der Waals surface area (Å²) in [6.07, 6.45) is 1.83. The second kappa shape index (κ2) is 6.98. The van der Waals surface area contributed by atoms with E-state index >= 15 is 0 Å². The zero-order valence-electron chi connectivity index (χ0n) is 23.6. The second-order valence-electron chi connectivity index (χ2n) is 8.51. The van der Waals surface area contributed by atoms with Gasteiger partial charge in [0.15, 0.2) is 11.8 Å². The van der Waals surface area contributed by atoms with Crippen molar-refractivity contribution in [2.24, 2.45) is 12.5 Å². The molecule has 0 saturated heterocycles. The van der Waals surface area contributed by atoms with Gasteiger partial charge in [-0.05, 0) is 47.9 Å². The van der Waals surface area contributed by atoms with E-state index in [2.05, 4.69) is 41.6 Å². The predicted octanol–water partition coefficient (Wildman–Crippen LogP) is 6.49. The summed E-state index contributed by atoms with van der Waals surface area (Å²) in [5, 5.41) is 1.71. The third-order valence-electron chi connectivity index (χ3n) is 5.40. The Morgan fingerprint density at radius 1 is 1.14 bits per heavy atom. The lowest BCUT2D eigenvalue weighted by molar-refractivity contribution is -0.660. The van der Waals surface area contributed by atoms with Gasteiger partial charge in [-0.25, -0.2) is 9.55 Å².